The molecule has 0 fully saturated rings. The lowest BCUT2D eigenvalue weighted by Gasteiger charge is -2.13. The highest BCUT2D eigenvalue weighted by molar-refractivity contribution is 7.89. The second-order valence-corrected chi connectivity index (χ2v) is 5.95. The highest BCUT2D eigenvalue weighted by Crippen LogP contribution is 2.03. The zero-order valence-electron chi connectivity index (χ0n) is 10.3. The molecule has 1 atom stereocenters. The van der Waals surface area contributed by atoms with E-state index < -0.39 is 28.6 Å². The molecule has 1 aromatic rings. The molecule has 0 unspecified atom stereocenters. The van der Waals surface area contributed by atoms with Crippen molar-refractivity contribution in [2.45, 2.75) is 18.9 Å². The predicted molar refractivity (Wildman–Crippen MR) is 70.2 cm³/mol. The van der Waals surface area contributed by atoms with Gasteiger partial charge in [-0.25, -0.2) is 13.1 Å². The zero-order chi connectivity index (χ0) is 14.3. The summed E-state index contributed by atoms with van der Waals surface area (Å²) in [7, 11) is -3.69. The lowest BCUT2D eigenvalue weighted by Crippen LogP contribution is -2.42. The van der Waals surface area contributed by atoms with Crippen molar-refractivity contribution in [1.82, 2.24) is 4.72 Å². The molecule has 0 aliphatic rings. The number of carboxylic acid groups (broad SMARTS) is 1. The number of aliphatic hydroxyl groups excluding tert-OH is 1. The number of hydrogen-bond donors (Lipinski definition) is 3. The fourth-order valence-electron chi connectivity index (χ4n) is 1.53. The number of aryl methyl sites for hydroxylation is 1. The molecule has 0 aliphatic heterocycles. The normalized spacial score (nSPS) is 13.1. The van der Waals surface area contributed by atoms with Crippen molar-refractivity contribution in [3.05, 3.63) is 35.9 Å². The average Bonchev–Trinajstić information content (AvgIpc) is 2.37. The van der Waals surface area contributed by atoms with E-state index in [1.165, 1.54) is 0 Å². The van der Waals surface area contributed by atoms with E-state index in [4.69, 9.17) is 10.2 Å². The number of carboxylic acids is 1. The summed E-state index contributed by atoms with van der Waals surface area (Å²) in [4.78, 5) is 10.8. The van der Waals surface area contributed by atoms with Crippen LogP contribution >= 0.6 is 0 Å². The Hall–Kier alpha value is -1.44. The molecule has 0 aliphatic carbocycles. The van der Waals surface area contributed by atoms with E-state index >= 15 is 0 Å². The molecule has 0 spiro atoms. The number of aliphatic hydroxyl groups is 1. The molecule has 0 heterocycles. The van der Waals surface area contributed by atoms with Gasteiger partial charge in [0.15, 0.2) is 0 Å². The minimum atomic E-state index is -3.69. The maximum Gasteiger partial charge on any atom is 0.321 e. The predicted octanol–water partition coefficient (Wildman–Crippen LogP) is -0.0159. The third-order valence-electron chi connectivity index (χ3n) is 2.54. The lowest BCUT2D eigenvalue weighted by molar-refractivity contribution is -0.139. The van der Waals surface area contributed by atoms with Gasteiger partial charge in [-0.2, -0.15) is 0 Å². The molecule has 0 aromatic heterocycles. The smallest absolute Gasteiger partial charge is 0.321 e. The van der Waals surface area contributed by atoms with E-state index in [0.29, 0.717) is 6.42 Å². The molecule has 0 saturated carbocycles. The summed E-state index contributed by atoms with van der Waals surface area (Å²) in [6.45, 7) is -0.391. The third-order valence-corrected chi connectivity index (χ3v) is 3.93. The molecular weight excluding hydrogens is 270 g/mol. The number of nitrogens with one attached hydrogen (secondary N) is 1. The summed E-state index contributed by atoms with van der Waals surface area (Å²) in [5.74, 6) is -1.48. The maximum atomic E-state index is 11.7. The quantitative estimate of drug-likeness (QED) is 0.623. The van der Waals surface area contributed by atoms with Gasteiger partial charge in [0.25, 0.3) is 0 Å². The third kappa shape index (κ3) is 5.82. The first-order chi connectivity index (χ1) is 8.94. The van der Waals surface area contributed by atoms with Gasteiger partial charge in [0.1, 0.15) is 6.04 Å². The molecule has 0 radical (unpaired) electrons. The Labute approximate surface area is 112 Å². The number of aliphatic carboxylic acids is 1. The fraction of sp³-hybridized carbons (Fsp3) is 0.417. The van der Waals surface area contributed by atoms with E-state index in [-0.39, 0.29) is 12.2 Å². The molecule has 106 valence electrons. The van der Waals surface area contributed by atoms with Gasteiger partial charge in [-0.05, 0) is 18.4 Å². The van der Waals surface area contributed by atoms with E-state index in [1.807, 2.05) is 6.07 Å². The summed E-state index contributed by atoms with van der Waals surface area (Å²) in [5, 5.41) is 17.5. The number of rotatable bonds is 8. The van der Waals surface area contributed by atoms with Gasteiger partial charge in [0, 0.05) is 6.61 Å². The van der Waals surface area contributed by atoms with E-state index in [9.17, 15) is 13.2 Å². The molecule has 19 heavy (non-hydrogen) atoms. The van der Waals surface area contributed by atoms with Crippen LogP contribution in [0.5, 0.6) is 0 Å². The Morgan fingerprint density at radius 3 is 2.42 bits per heavy atom. The van der Waals surface area contributed by atoms with Crippen LogP contribution in [0, 0.1) is 0 Å². The van der Waals surface area contributed by atoms with Crippen molar-refractivity contribution >= 4 is 16.0 Å². The van der Waals surface area contributed by atoms with Crippen molar-refractivity contribution in [3.63, 3.8) is 0 Å². The largest absolute Gasteiger partial charge is 0.480 e. The molecule has 6 nitrogen and oxygen atoms in total. The van der Waals surface area contributed by atoms with Gasteiger partial charge in [0.05, 0.1) is 5.75 Å². The van der Waals surface area contributed by atoms with E-state index in [0.717, 1.165) is 5.56 Å². The number of sulfonamides is 1. The van der Waals surface area contributed by atoms with Gasteiger partial charge in [-0.15, -0.1) is 0 Å². The monoisotopic (exact) mass is 287 g/mol. The van der Waals surface area contributed by atoms with Crippen LogP contribution < -0.4 is 4.72 Å². The second kappa shape index (κ2) is 7.22. The van der Waals surface area contributed by atoms with Gasteiger partial charge < -0.3 is 10.2 Å². The van der Waals surface area contributed by atoms with E-state index in [1.54, 1.807) is 24.3 Å². The first-order valence-corrected chi connectivity index (χ1v) is 7.47. The highest BCUT2D eigenvalue weighted by atomic mass is 32.2. The van der Waals surface area contributed by atoms with E-state index in [2.05, 4.69) is 4.72 Å². The first kappa shape index (κ1) is 15.6. The zero-order valence-corrected chi connectivity index (χ0v) is 11.1. The Bertz CT molecular complexity index is 500. The minimum Gasteiger partial charge on any atom is -0.480 e. The van der Waals surface area contributed by atoms with Gasteiger partial charge in [0.2, 0.25) is 10.0 Å². The molecule has 3 N–H and O–H groups in total. The number of benzene rings is 1. The SMILES string of the molecule is O=C(O)[C@H](CCO)NS(=O)(=O)CCc1ccccc1. The van der Waals surface area contributed by atoms with Crippen LogP contribution in [0.4, 0.5) is 0 Å². The Balaban J connectivity index is 2.58. The topological polar surface area (TPSA) is 104 Å². The van der Waals surface area contributed by atoms with Crippen molar-refractivity contribution in [3.8, 4) is 0 Å². The van der Waals surface area contributed by atoms with Crippen molar-refractivity contribution in [2.24, 2.45) is 0 Å². The molecule has 1 rings (SSSR count). The van der Waals surface area contributed by atoms with Crippen LogP contribution in [0.3, 0.4) is 0 Å². The summed E-state index contributed by atoms with van der Waals surface area (Å²) < 4.78 is 25.6. The summed E-state index contributed by atoms with van der Waals surface area (Å²) in [6.07, 6.45) is 0.154. The van der Waals surface area contributed by atoms with Crippen molar-refractivity contribution in [1.29, 1.82) is 0 Å². The number of carbonyl (C=O) groups is 1. The summed E-state index contributed by atoms with van der Waals surface area (Å²) in [6, 6.07) is 7.77. The highest BCUT2D eigenvalue weighted by Gasteiger charge is 2.23. The van der Waals surface area contributed by atoms with Crippen LogP contribution in [0.25, 0.3) is 0 Å². The average molecular weight is 287 g/mol. The lowest BCUT2D eigenvalue weighted by atomic mass is 10.2. The van der Waals surface area contributed by atoms with Gasteiger partial charge in [-0.1, -0.05) is 30.3 Å². The summed E-state index contributed by atoms with van der Waals surface area (Å²) in [5.41, 5.74) is 0.863. The molecule has 1 aromatic carbocycles. The van der Waals surface area contributed by atoms with Crippen LogP contribution in [-0.2, 0) is 21.2 Å². The first-order valence-electron chi connectivity index (χ1n) is 5.82. The van der Waals surface area contributed by atoms with Crippen LogP contribution in [-0.4, -0.2) is 43.0 Å². The molecule has 0 bridgehead atoms. The summed E-state index contributed by atoms with van der Waals surface area (Å²) >= 11 is 0. The van der Waals surface area contributed by atoms with Crippen molar-refractivity contribution < 1.29 is 23.4 Å². The van der Waals surface area contributed by atoms with Gasteiger partial charge >= 0.3 is 5.97 Å². The molecule has 0 saturated heterocycles. The fourth-order valence-corrected chi connectivity index (χ4v) is 2.81. The van der Waals surface area contributed by atoms with Crippen LogP contribution in [0.2, 0.25) is 0 Å². The Morgan fingerprint density at radius 1 is 1.26 bits per heavy atom. The second-order valence-electron chi connectivity index (χ2n) is 4.08. The Kier molecular flexibility index (Phi) is 5.94. The van der Waals surface area contributed by atoms with Crippen molar-refractivity contribution in [2.75, 3.05) is 12.4 Å². The maximum absolute atomic E-state index is 11.7. The Morgan fingerprint density at radius 2 is 1.89 bits per heavy atom. The standard InChI is InChI=1S/C12H17NO5S/c14-8-6-11(12(15)16)13-19(17,18)9-7-10-4-2-1-3-5-10/h1-5,11,13-14H,6-9H2,(H,15,16)/t11-/m0/s1. The molecule has 0 amide bonds. The van der Waals surface area contributed by atoms with Crippen LogP contribution in [0.15, 0.2) is 30.3 Å². The number of hydrogen-bond acceptors (Lipinski definition) is 4. The molecule has 7 heteroatoms. The molecular formula is C12H17NO5S. The minimum absolute atomic E-state index is 0.153. The van der Waals surface area contributed by atoms with Crippen LogP contribution in [0.1, 0.15) is 12.0 Å². The van der Waals surface area contributed by atoms with Gasteiger partial charge in [-0.3, -0.25) is 4.79 Å².